The Morgan fingerprint density at radius 2 is 1.83 bits per heavy atom. The van der Waals surface area contributed by atoms with E-state index in [0.29, 0.717) is 57.4 Å². The van der Waals surface area contributed by atoms with E-state index < -0.39 is 11.6 Å². The molecule has 4 rings (SSSR count). The summed E-state index contributed by atoms with van der Waals surface area (Å²) in [6, 6.07) is 14.2. The highest BCUT2D eigenvalue weighted by Crippen LogP contribution is 2.39. The average Bonchev–Trinajstić information content (AvgIpc) is 2.97. The van der Waals surface area contributed by atoms with Crippen LogP contribution in [0.1, 0.15) is 19.4 Å². The van der Waals surface area contributed by atoms with E-state index in [1.165, 1.54) is 24.4 Å². The van der Waals surface area contributed by atoms with Crippen LogP contribution in [0, 0.1) is 18.2 Å². The quantitative estimate of drug-likeness (QED) is 0.115. The lowest BCUT2D eigenvalue weighted by Crippen LogP contribution is -2.25. The summed E-state index contributed by atoms with van der Waals surface area (Å²) >= 11 is 6.51. The first kappa shape index (κ1) is 30.1. The van der Waals surface area contributed by atoms with E-state index in [9.17, 15) is 9.18 Å². The number of carbonyl (C=O) groups excluding carboxylic acids is 1. The Balaban J connectivity index is 1.50. The second-order valence-corrected chi connectivity index (χ2v) is 9.29. The van der Waals surface area contributed by atoms with Gasteiger partial charge >= 0.3 is 0 Å². The van der Waals surface area contributed by atoms with Crippen molar-refractivity contribution in [3.63, 3.8) is 0 Å². The van der Waals surface area contributed by atoms with Crippen LogP contribution >= 0.6 is 11.6 Å². The molecule has 0 bridgehead atoms. The number of aromatic nitrogens is 1. The Morgan fingerprint density at radius 1 is 1.02 bits per heavy atom. The number of aryl methyl sites for hydroxylation is 1. The number of pyridine rings is 1. The molecule has 4 aromatic rings. The number of fused-ring (bicyclic) bond motifs is 1. The first-order valence-electron chi connectivity index (χ1n) is 13.1. The van der Waals surface area contributed by atoms with E-state index >= 15 is 0 Å². The van der Waals surface area contributed by atoms with Crippen LogP contribution in [-0.2, 0) is 9.53 Å². The third kappa shape index (κ3) is 7.08. The molecule has 11 heteroatoms. The normalized spacial score (nSPS) is 11.1. The topological polar surface area (TPSA) is 115 Å². The van der Waals surface area contributed by atoms with Gasteiger partial charge in [0.25, 0.3) is 5.91 Å². The van der Waals surface area contributed by atoms with Gasteiger partial charge in [0, 0.05) is 35.2 Å². The van der Waals surface area contributed by atoms with Crippen molar-refractivity contribution in [2.45, 2.75) is 20.8 Å². The Bertz CT molecular complexity index is 1660. The van der Waals surface area contributed by atoms with Crippen molar-refractivity contribution in [2.75, 3.05) is 31.0 Å². The van der Waals surface area contributed by atoms with Gasteiger partial charge < -0.3 is 29.6 Å². The number of nitrogens with zero attached hydrogens (tertiary/aromatic N) is 1. The minimum Gasteiger partial charge on any atom is -0.493 e. The SMILES string of the molecule is CCO/C(=C/Nc1ccc(F)cc1C)C(=N)C(=O)Nc1ccc(Oc2ccnc3cc(OC)c(OCC)cc23)c(Cl)c1. The number of carbonyl (C=O) groups is 1. The van der Waals surface area contributed by atoms with Crippen molar-refractivity contribution in [3.05, 3.63) is 89.2 Å². The van der Waals surface area contributed by atoms with Crippen LogP contribution in [0.15, 0.2) is 72.8 Å². The fraction of sp³-hybridized carbons (Fsp3) is 0.194. The van der Waals surface area contributed by atoms with Crippen LogP contribution < -0.4 is 24.8 Å². The molecule has 3 N–H and O–H groups in total. The number of hydrogen-bond acceptors (Lipinski definition) is 8. The molecule has 0 fully saturated rings. The highest BCUT2D eigenvalue weighted by Gasteiger charge is 2.18. The zero-order chi connectivity index (χ0) is 30.2. The summed E-state index contributed by atoms with van der Waals surface area (Å²) in [6.07, 6.45) is 3.00. The van der Waals surface area contributed by atoms with Crippen LogP contribution in [-0.4, -0.2) is 36.9 Å². The van der Waals surface area contributed by atoms with Gasteiger partial charge in [0.05, 0.1) is 30.9 Å². The molecule has 218 valence electrons. The molecular weight excluding hydrogens is 563 g/mol. The van der Waals surface area contributed by atoms with E-state index in [1.54, 1.807) is 63.6 Å². The van der Waals surface area contributed by atoms with Crippen molar-refractivity contribution < 1.29 is 28.1 Å². The van der Waals surface area contributed by atoms with Crippen molar-refractivity contribution in [1.82, 2.24) is 4.98 Å². The average molecular weight is 593 g/mol. The van der Waals surface area contributed by atoms with Crippen LogP contribution in [0.4, 0.5) is 15.8 Å². The second kappa shape index (κ2) is 13.7. The lowest BCUT2D eigenvalue weighted by Gasteiger charge is -2.15. The van der Waals surface area contributed by atoms with Crippen LogP contribution in [0.5, 0.6) is 23.0 Å². The van der Waals surface area contributed by atoms with Gasteiger partial charge in [-0.05, 0) is 74.9 Å². The van der Waals surface area contributed by atoms with E-state index in [2.05, 4.69) is 15.6 Å². The number of methoxy groups -OCH3 is 1. The van der Waals surface area contributed by atoms with Gasteiger partial charge in [-0.15, -0.1) is 0 Å². The maximum atomic E-state index is 13.4. The lowest BCUT2D eigenvalue weighted by molar-refractivity contribution is -0.110. The largest absolute Gasteiger partial charge is 0.493 e. The molecule has 0 saturated heterocycles. The van der Waals surface area contributed by atoms with Gasteiger partial charge in [0.15, 0.2) is 23.0 Å². The number of hydrogen-bond donors (Lipinski definition) is 3. The summed E-state index contributed by atoms with van der Waals surface area (Å²) in [7, 11) is 1.56. The van der Waals surface area contributed by atoms with Gasteiger partial charge in [-0.25, -0.2) is 4.39 Å². The molecular formula is C31H30ClFN4O5. The molecule has 42 heavy (non-hydrogen) atoms. The minimum absolute atomic E-state index is 0.0115. The van der Waals surface area contributed by atoms with Gasteiger partial charge in [0.1, 0.15) is 17.3 Å². The number of benzene rings is 3. The first-order chi connectivity index (χ1) is 20.2. The fourth-order valence-corrected chi connectivity index (χ4v) is 4.22. The van der Waals surface area contributed by atoms with Crippen molar-refractivity contribution in [2.24, 2.45) is 0 Å². The van der Waals surface area contributed by atoms with E-state index in [0.717, 1.165) is 0 Å². The van der Waals surface area contributed by atoms with E-state index in [1.807, 2.05) is 6.92 Å². The van der Waals surface area contributed by atoms with Gasteiger partial charge in [-0.1, -0.05) is 11.6 Å². The van der Waals surface area contributed by atoms with Crippen LogP contribution in [0.25, 0.3) is 10.9 Å². The maximum absolute atomic E-state index is 13.4. The Morgan fingerprint density at radius 3 is 2.52 bits per heavy atom. The maximum Gasteiger partial charge on any atom is 0.277 e. The monoisotopic (exact) mass is 592 g/mol. The second-order valence-electron chi connectivity index (χ2n) is 8.88. The number of anilines is 2. The summed E-state index contributed by atoms with van der Waals surface area (Å²) in [5.74, 6) is 0.896. The van der Waals surface area contributed by atoms with Crippen LogP contribution in [0.2, 0.25) is 5.02 Å². The summed E-state index contributed by atoms with van der Waals surface area (Å²) in [5, 5.41) is 14.9. The van der Waals surface area contributed by atoms with Gasteiger partial charge in [0.2, 0.25) is 0 Å². The fourth-order valence-electron chi connectivity index (χ4n) is 4.00. The summed E-state index contributed by atoms with van der Waals surface area (Å²) < 4.78 is 36.1. The van der Waals surface area contributed by atoms with Crippen molar-refractivity contribution in [1.29, 1.82) is 5.41 Å². The number of nitrogens with one attached hydrogen (secondary N) is 3. The van der Waals surface area contributed by atoms with Crippen molar-refractivity contribution in [3.8, 4) is 23.0 Å². The molecule has 3 aromatic carbocycles. The number of amides is 1. The minimum atomic E-state index is -0.713. The predicted molar refractivity (Wildman–Crippen MR) is 162 cm³/mol. The predicted octanol–water partition coefficient (Wildman–Crippen LogP) is 7.48. The third-order valence-electron chi connectivity index (χ3n) is 6.02. The standard InChI is InChI=1S/C31H30ClFN4O5/c1-5-40-28-15-21-24(16-27(28)39-4)35-12-11-25(21)42-26-10-8-20(14-22(26)32)37-31(38)30(34)29(41-6-2)17-36-23-9-7-19(33)13-18(23)3/h7-17,34,36H,5-6H2,1-4H3,(H,37,38)/b29-17+,34-30?. The smallest absolute Gasteiger partial charge is 0.277 e. The molecule has 9 nitrogen and oxygen atoms in total. The zero-order valence-electron chi connectivity index (χ0n) is 23.5. The molecule has 0 aliphatic rings. The molecule has 0 atom stereocenters. The molecule has 0 unspecified atom stereocenters. The number of rotatable bonds is 12. The molecule has 0 saturated carbocycles. The number of ether oxygens (including phenoxy) is 4. The molecule has 0 aliphatic carbocycles. The molecule has 0 spiro atoms. The zero-order valence-corrected chi connectivity index (χ0v) is 24.3. The van der Waals surface area contributed by atoms with E-state index in [4.69, 9.17) is 36.0 Å². The molecule has 0 radical (unpaired) electrons. The highest BCUT2D eigenvalue weighted by atomic mass is 35.5. The Hall–Kier alpha value is -4.83. The highest BCUT2D eigenvalue weighted by molar-refractivity contribution is 6.47. The molecule has 1 aromatic heterocycles. The Labute approximate surface area is 247 Å². The number of halogens is 2. The van der Waals surface area contributed by atoms with E-state index in [-0.39, 0.29) is 23.2 Å². The lowest BCUT2D eigenvalue weighted by atomic mass is 10.1. The summed E-state index contributed by atoms with van der Waals surface area (Å²) in [6.45, 7) is 6.04. The third-order valence-corrected chi connectivity index (χ3v) is 6.31. The molecule has 1 amide bonds. The van der Waals surface area contributed by atoms with Gasteiger partial charge in [-0.2, -0.15) is 0 Å². The van der Waals surface area contributed by atoms with Crippen LogP contribution in [0.3, 0.4) is 0 Å². The molecule has 0 aliphatic heterocycles. The summed E-state index contributed by atoms with van der Waals surface area (Å²) in [5.41, 5.74) is 1.85. The first-order valence-corrected chi connectivity index (χ1v) is 13.4. The molecule has 1 heterocycles. The van der Waals surface area contributed by atoms with Crippen molar-refractivity contribution >= 4 is 45.5 Å². The summed E-state index contributed by atoms with van der Waals surface area (Å²) in [4.78, 5) is 17.3. The Kier molecular flexibility index (Phi) is 9.82. The van der Waals surface area contributed by atoms with Gasteiger partial charge in [-0.3, -0.25) is 15.2 Å².